The molecule has 1 aromatic carbocycles. The van der Waals surface area contributed by atoms with Crippen LogP contribution in [0.3, 0.4) is 0 Å². The van der Waals surface area contributed by atoms with Crippen LogP contribution in [0.15, 0.2) is 18.5 Å². The number of benzene rings is 1. The lowest BCUT2D eigenvalue weighted by Crippen LogP contribution is -2.36. The first kappa shape index (κ1) is 12.2. The van der Waals surface area contributed by atoms with Gasteiger partial charge in [-0.15, -0.1) is 0 Å². The van der Waals surface area contributed by atoms with Gasteiger partial charge in [0.05, 0.1) is 24.0 Å². The van der Waals surface area contributed by atoms with Gasteiger partial charge in [0.1, 0.15) is 0 Å². The first-order valence-corrected chi connectivity index (χ1v) is 6.85. The van der Waals surface area contributed by atoms with Crippen molar-refractivity contribution in [3.63, 3.8) is 0 Å². The van der Waals surface area contributed by atoms with Gasteiger partial charge in [0.15, 0.2) is 0 Å². The molecule has 4 nitrogen and oxygen atoms in total. The maximum atomic E-state index is 11.9. The van der Waals surface area contributed by atoms with E-state index in [2.05, 4.69) is 35.5 Å². The van der Waals surface area contributed by atoms with Crippen molar-refractivity contribution in [1.29, 1.82) is 0 Å². The highest BCUT2D eigenvalue weighted by molar-refractivity contribution is 5.78. The van der Waals surface area contributed by atoms with Crippen molar-refractivity contribution in [1.82, 2.24) is 14.5 Å². The number of aryl methyl sites for hydroxylation is 2. The normalized spacial score (nSPS) is 16.3. The first-order chi connectivity index (χ1) is 9.15. The third-order valence-corrected chi connectivity index (χ3v) is 3.98. The molecule has 2 heterocycles. The van der Waals surface area contributed by atoms with E-state index in [0.717, 1.165) is 30.4 Å². The van der Waals surface area contributed by atoms with Crippen molar-refractivity contribution in [2.24, 2.45) is 0 Å². The molecule has 1 fully saturated rings. The number of imidazole rings is 1. The fourth-order valence-electron chi connectivity index (χ4n) is 2.62. The van der Waals surface area contributed by atoms with Crippen LogP contribution in [0.2, 0.25) is 0 Å². The van der Waals surface area contributed by atoms with Crippen LogP contribution in [0, 0.1) is 13.8 Å². The number of hydrogen-bond acceptors (Lipinski definition) is 2. The van der Waals surface area contributed by atoms with Crippen LogP contribution < -0.4 is 0 Å². The zero-order valence-corrected chi connectivity index (χ0v) is 11.5. The van der Waals surface area contributed by atoms with Gasteiger partial charge < -0.3 is 9.47 Å². The summed E-state index contributed by atoms with van der Waals surface area (Å²) in [6.45, 7) is 5.70. The molecule has 3 rings (SSSR count). The Balaban J connectivity index is 1.92. The minimum absolute atomic E-state index is 0.261. The number of carbonyl (C=O) groups excluding carboxylic acids is 1. The van der Waals surface area contributed by atoms with Crippen LogP contribution in [0.5, 0.6) is 0 Å². The number of likely N-dealkylation sites (tertiary alicyclic amines) is 1. The molecule has 0 radical (unpaired) electrons. The Labute approximate surface area is 113 Å². The lowest BCUT2D eigenvalue weighted by Gasteiger charge is -2.27. The minimum atomic E-state index is 0.261. The number of piperidine rings is 1. The van der Waals surface area contributed by atoms with E-state index in [9.17, 15) is 4.79 Å². The summed E-state index contributed by atoms with van der Waals surface area (Å²) in [4.78, 5) is 18.2. The number of aromatic nitrogens is 2. The van der Waals surface area contributed by atoms with Crippen LogP contribution in [0.25, 0.3) is 11.0 Å². The van der Waals surface area contributed by atoms with Crippen molar-refractivity contribution >= 4 is 16.9 Å². The molecule has 0 unspecified atom stereocenters. The largest absolute Gasteiger partial charge is 0.325 e. The van der Waals surface area contributed by atoms with E-state index in [1.54, 1.807) is 0 Å². The summed E-state index contributed by atoms with van der Waals surface area (Å²) in [6.07, 6.45) is 4.66. The summed E-state index contributed by atoms with van der Waals surface area (Å²) in [6, 6.07) is 4.27. The van der Waals surface area contributed by atoms with E-state index in [-0.39, 0.29) is 5.91 Å². The van der Waals surface area contributed by atoms with Crippen LogP contribution in [-0.2, 0) is 11.5 Å². The third kappa shape index (κ3) is 2.23. The van der Waals surface area contributed by atoms with E-state index >= 15 is 0 Å². The molecular weight excluding hydrogens is 238 g/mol. The standard InChI is InChI=1S/C15H19N3O/c1-11-7-13-14(8-12(11)2)18(9-16-13)10-17-6-4-3-5-15(17)19/h7-9H,3-6,10H2,1-2H3. The third-order valence-electron chi connectivity index (χ3n) is 3.98. The number of amides is 1. The summed E-state index contributed by atoms with van der Waals surface area (Å²) in [5.41, 5.74) is 4.64. The fraction of sp³-hybridized carbons (Fsp3) is 0.467. The summed E-state index contributed by atoms with van der Waals surface area (Å²) in [7, 11) is 0. The molecule has 2 aromatic rings. The predicted octanol–water partition coefficient (Wildman–Crippen LogP) is 2.62. The molecule has 0 bridgehead atoms. The molecule has 1 saturated heterocycles. The van der Waals surface area contributed by atoms with Gasteiger partial charge >= 0.3 is 0 Å². The monoisotopic (exact) mass is 257 g/mol. The Morgan fingerprint density at radius 3 is 2.79 bits per heavy atom. The molecule has 0 saturated carbocycles. The van der Waals surface area contributed by atoms with Crippen molar-refractivity contribution in [2.45, 2.75) is 39.8 Å². The molecule has 1 amide bonds. The second-order valence-electron chi connectivity index (χ2n) is 5.40. The molecule has 1 aliphatic rings. The van der Waals surface area contributed by atoms with Gasteiger partial charge in [-0.2, -0.15) is 0 Å². The van der Waals surface area contributed by atoms with E-state index in [1.165, 1.54) is 11.1 Å². The van der Waals surface area contributed by atoms with Gasteiger partial charge in [-0.05, 0) is 49.9 Å². The quantitative estimate of drug-likeness (QED) is 0.829. The van der Waals surface area contributed by atoms with Gasteiger partial charge in [0.2, 0.25) is 5.91 Å². The van der Waals surface area contributed by atoms with E-state index in [0.29, 0.717) is 13.1 Å². The number of hydrogen-bond donors (Lipinski definition) is 0. The van der Waals surface area contributed by atoms with Gasteiger partial charge in [0.25, 0.3) is 0 Å². The first-order valence-electron chi connectivity index (χ1n) is 6.85. The highest BCUT2D eigenvalue weighted by Crippen LogP contribution is 2.20. The van der Waals surface area contributed by atoms with Gasteiger partial charge in [0, 0.05) is 13.0 Å². The van der Waals surface area contributed by atoms with E-state index < -0.39 is 0 Å². The molecule has 1 aromatic heterocycles. The lowest BCUT2D eigenvalue weighted by atomic mass is 10.1. The van der Waals surface area contributed by atoms with E-state index in [4.69, 9.17) is 0 Å². The average molecular weight is 257 g/mol. The van der Waals surface area contributed by atoms with Crippen molar-refractivity contribution in [3.8, 4) is 0 Å². The van der Waals surface area contributed by atoms with Crippen LogP contribution >= 0.6 is 0 Å². The van der Waals surface area contributed by atoms with E-state index in [1.807, 2.05) is 11.2 Å². The lowest BCUT2D eigenvalue weighted by molar-refractivity contribution is -0.135. The van der Waals surface area contributed by atoms with Gasteiger partial charge in [-0.25, -0.2) is 4.98 Å². The molecule has 0 atom stereocenters. The summed E-state index contributed by atoms with van der Waals surface area (Å²) in [5.74, 6) is 0.261. The highest BCUT2D eigenvalue weighted by atomic mass is 16.2. The zero-order chi connectivity index (χ0) is 13.4. The summed E-state index contributed by atoms with van der Waals surface area (Å²) >= 11 is 0. The van der Waals surface area contributed by atoms with Crippen molar-refractivity contribution < 1.29 is 4.79 Å². The molecule has 0 spiro atoms. The summed E-state index contributed by atoms with van der Waals surface area (Å²) < 4.78 is 2.07. The second-order valence-corrected chi connectivity index (χ2v) is 5.40. The molecule has 100 valence electrons. The topological polar surface area (TPSA) is 38.1 Å². The fourth-order valence-corrected chi connectivity index (χ4v) is 2.62. The Bertz CT molecular complexity index is 630. The van der Waals surface area contributed by atoms with Crippen molar-refractivity contribution in [3.05, 3.63) is 29.6 Å². The smallest absolute Gasteiger partial charge is 0.223 e. The second kappa shape index (κ2) is 4.68. The molecule has 4 heteroatoms. The van der Waals surface area contributed by atoms with Crippen LogP contribution in [-0.4, -0.2) is 26.9 Å². The maximum absolute atomic E-state index is 11.9. The number of carbonyl (C=O) groups is 1. The number of nitrogens with zero attached hydrogens (tertiary/aromatic N) is 3. The van der Waals surface area contributed by atoms with Crippen LogP contribution in [0.4, 0.5) is 0 Å². The Morgan fingerprint density at radius 1 is 1.21 bits per heavy atom. The van der Waals surface area contributed by atoms with Gasteiger partial charge in [-0.3, -0.25) is 4.79 Å². The SMILES string of the molecule is Cc1cc2ncn(CN3CCCCC3=O)c2cc1C. The van der Waals surface area contributed by atoms with Gasteiger partial charge in [-0.1, -0.05) is 0 Å². The van der Waals surface area contributed by atoms with Crippen LogP contribution in [0.1, 0.15) is 30.4 Å². The number of fused-ring (bicyclic) bond motifs is 1. The molecule has 0 N–H and O–H groups in total. The molecule has 19 heavy (non-hydrogen) atoms. The Kier molecular flexibility index (Phi) is 3.01. The Morgan fingerprint density at radius 2 is 2.00 bits per heavy atom. The van der Waals surface area contributed by atoms with Crippen molar-refractivity contribution in [2.75, 3.05) is 6.54 Å². The Hall–Kier alpha value is -1.84. The molecular formula is C15H19N3O. The highest BCUT2D eigenvalue weighted by Gasteiger charge is 2.18. The molecule has 1 aliphatic heterocycles. The summed E-state index contributed by atoms with van der Waals surface area (Å²) in [5, 5.41) is 0. The predicted molar refractivity (Wildman–Crippen MR) is 74.8 cm³/mol. The maximum Gasteiger partial charge on any atom is 0.223 e. The minimum Gasteiger partial charge on any atom is -0.325 e. The zero-order valence-electron chi connectivity index (χ0n) is 11.5. The number of rotatable bonds is 2. The average Bonchev–Trinajstić information content (AvgIpc) is 2.76. The molecule has 0 aliphatic carbocycles.